The third-order valence-electron chi connectivity index (χ3n) is 3.22. The first-order valence-electron chi connectivity index (χ1n) is 7.12. The summed E-state index contributed by atoms with van der Waals surface area (Å²) in [5.41, 5.74) is 1.89. The summed E-state index contributed by atoms with van der Waals surface area (Å²) < 4.78 is 10.7. The van der Waals surface area contributed by atoms with E-state index in [2.05, 4.69) is 11.9 Å². The molecule has 0 bridgehead atoms. The molecule has 0 aliphatic rings. The van der Waals surface area contributed by atoms with Gasteiger partial charge in [-0.15, -0.1) is 0 Å². The molecule has 0 aliphatic carbocycles. The van der Waals surface area contributed by atoms with E-state index < -0.39 is 5.97 Å². The third kappa shape index (κ3) is 4.51. The lowest BCUT2D eigenvalue weighted by Crippen LogP contribution is -2.04. The zero-order valence-corrected chi connectivity index (χ0v) is 12.9. The van der Waals surface area contributed by atoms with Gasteiger partial charge in [-0.05, 0) is 35.9 Å². The van der Waals surface area contributed by atoms with Gasteiger partial charge in [-0.25, -0.2) is 4.79 Å². The van der Waals surface area contributed by atoms with Crippen molar-refractivity contribution in [3.63, 3.8) is 0 Å². The molecule has 0 spiro atoms. The molecular formula is C18H19NO4. The highest BCUT2D eigenvalue weighted by Gasteiger charge is 2.08. The first-order valence-corrected chi connectivity index (χ1v) is 7.12. The van der Waals surface area contributed by atoms with Crippen LogP contribution in [0, 0.1) is 0 Å². The minimum atomic E-state index is -0.973. The van der Waals surface area contributed by atoms with Crippen LogP contribution < -0.4 is 14.8 Å². The van der Waals surface area contributed by atoms with E-state index in [1.165, 1.54) is 6.07 Å². The van der Waals surface area contributed by atoms with Gasteiger partial charge in [0.05, 0.1) is 18.4 Å². The molecule has 5 heteroatoms. The number of rotatable bonds is 8. The second-order valence-electron chi connectivity index (χ2n) is 4.82. The molecule has 0 unspecified atom stereocenters. The third-order valence-corrected chi connectivity index (χ3v) is 3.22. The number of ether oxygens (including phenoxy) is 2. The Balaban J connectivity index is 2.06. The maximum absolute atomic E-state index is 11.1. The number of carboxylic acid groups (broad SMARTS) is 1. The Morgan fingerprint density at radius 2 is 2.00 bits per heavy atom. The summed E-state index contributed by atoms with van der Waals surface area (Å²) in [6.45, 7) is 4.62. The monoisotopic (exact) mass is 313 g/mol. The number of carboxylic acids is 1. The van der Waals surface area contributed by atoms with Crippen LogP contribution in [-0.4, -0.2) is 24.8 Å². The van der Waals surface area contributed by atoms with Crippen LogP contribution in [0.25, 0.3) is 0 Å². The summed E-state index contributed by atoms with van der Waals surface area (Å²) in [6, 6.07) is 12.4. The van der Waals surface area contributed by atoms with Crippen molar-refractivity contribution in [3.05, 3.63) is 66.2 Å². The highest BCUT2D eigenvalue weighted by Crippen LogP contribution is 2.26. The summed E-state index contributed by atoms with van der Waals surface area (Å²) in [5, 5.41) is 12.3. The predicted octanol–water partition coefficient (Wildman–Crippen LogP) is 3.57. The van der Waals surface area contributed by atoms with E-state index in [0.717, 1.165) is 11.3 Å². The Labute approximate surface area is 135 Å². The van der Waals surface area contributed by atoms with E-state index in [1.807, 2.05) is 24.3 Å². The van der Waals surface area contributed by atoms with E-state index in [9.17, 15) is 4.79 Å². The predicted molar refractivity (Wildman–Crippen MR) is 89.4 cm³/mol. The van der Waals surface area contributed by atoms with Crippen molar-refractivity contribution in [1.29, 1.82) is 0 Å². The van der Waals surface area contributed by atoms with Gasteiger partial charge < -0.3 is 19.9 Å². The molecule has 5 nitrogen and oxygen atoms in total. The molecule has 0 saturated carbocycles. The normalized spacial score (nSPS) is 9.96. The zero-order chi connectivity index (χ0) is 16.7. The summed E-state index contributed by atoms with van der Waals surface area (Å²) >= 11 is 0. The van der Waals surface area contributed by atoms with Gasteiger partial charge in [0.1, 0.15) is 18.1 Å². The molecule has 0 atom stereocenters. The largest absolute Gasteiger partial charge is 0.495 e. The number of anilines is 1. The van der Waals surface area contributed by atoms with E-state index >= 15 is 0 Å². The topological polar surface area (TPSA) is 67.8 Å². The second kappa shape index (κ2) is 7.89. The van der Waals surface area contributed by atoms with Gasteiger partial charge in [0.2, 0.25) is 0 Å². The van der Waals surface area contributed by atoms with Crippen molar-refractivity contribution >= 4 is 11.7 Å². The average Bonchev–Trinajstić information content (AvgIpc) is 2.58. The Hall–Kier alpha value is -2.95. The van der Waals surface area contributed by atoms with Gasteiger partial charge in [0, 0.05) is 6.54 Å². The lowest BCUT2D eigenvalue weighted by atomic mass is 10.1. The maximum Gasteiger partial charge on any atom is 0.335 e. The van der Waals surface area contributed by atoms with Crippen LogP contribution in [0.15, 0.2) is 55.1 Å². The molecule has 0 saturated heterocycles. The van der Waals surface area contributed by atoms with E-state index in [-0.39, 0.29) is 5.56 Å². The number of hydrogen-bond acceptors (Lipinski definition) is 4. The Morgan fingerprint density at radius 3 is 2.61 bits per heavy atom. The first kappa shape index (κ1) is 16.4. The smallest absolute Gasteiger partial charge is 0.335 e. The molecule has 2 rings (SSSR count). The first-order chi connectivity index (χ1) is 11.1. The molecule has 0 heterocycles. The summed E-state index contributed by atoms with van der Waals surface area (Å²) in [4.78, 5) is 11.1. The van der Waals surface area contributed by atoms with Crippen LogP contribution >= 0.6 is 0 Å². The van der Waals surface area contributed by atoms with Gasteiger partial charge in [-0.3, -0.25) is 0 Å². The van der Waals surface area contributed by atoms with Crippen molar-refractivity contribution in [2.24, 2.45) is 0 Å². The lowest BCUT2D eigenvalue weighted by molar-refractivity contribution is 0.0697. The number of aromatic carboxylic acids is 1. The van der Waals surface area contributed by atoms with E-state index in [4.69, 9.17) is 14.6 Å². The molecule has 2 aromatic rings. The number of carbonyl (C=O) groups is 1. The fourth-order valence-electron chi connectivity index (χ4n) is 2.04. The molecule has 23 heavy (non-hydrogen) atoms. The fourth-order valence-corrected chi connectivity index (χ4v) is 2.04. The molecular weight excluding hydrogens is 294 g/mol. The number of benzene rings is 2. The second-order valence-corrected chi connectivity index (χ2v) is 4.82. The van der Waals surface area contributed by atoms with Crippen LogP contribution in [0.3, 0.4) is 0 Å². The van der Waals surface area contributed by atoms with Gasteiger partial charge in [0.25, 0.3) is 0 Å². The van der Waals surface area contributed by atoms with Gasteiger partial charge in [0.15, 0.2) is 0 Å². The molecule has 120 valence electrons. The highest BCUT2D eigenvalue weighted by atomic mass is 16.5. The molecule has 0 fully saturated rings. The Kier molecular flexibility index (Phi) is 5.63. The van der Waals surface area contributed by atoms with Crippen molar-refractivity contribution in [2.45, 2.75) is 6.54 Å². The molecule has 2 N–H and O–H groups in total. The minimum Gasteiger partial charge on any atom is -0.495 e. The van der Waals surface area contributed by atoms with Gasteiger partial charge >= 0.3 is 5.97 Å². The van der Waals surface area contributed by atoms with Crippen LogP contribution in [0.4, 0.5) is 5.69 Å². The molecule has 0 amide bonds. The van der Waals surface area contributed by atoms with Crippen molar-refractivity contribution in [3.8, 4) is 11.5 Å². The summed E-state index contributed by atoms with van der Waals surface area (Å²) in [5.74, 6) is 0.402. The quantitative estimate of drug-likeness (QED) is 0.729. The number of nitrogens with one attached hydrogen (secondary N) is 1. The highest BCUT2D eigenvalue weighted by molar-refractivity contribution is 5.89. The van der Waals surface area contributed by atoms with Gasteiger partial charge in [-0.1, -0.05) is 24.8 Å². The van der Waals surface area contributed by atoms with Crippen molar-refractivity contribution in [2.75, 3.05) is 19.0 Å². The van der Waals surface area contributed by atoms with E-state index in [0.29, 0.717) is 24.6 Å². The lowest BCUT2D eigenvalue weighted by Gasteiger charge is -2.12. The fraction of sp³-hybridized carbons (Fsp3) is 0.167. The van der Waals surface area contributed by atoms with Crippen LogP contribution in [0.1, 0.15) is 15.9 Å². The summed E-state index contributed by atoms with van der Waals surface area (Å²) in [6.07, 6.45) is 1.69. The van der Waals surface area contributed by atoms with E-state index in [1.54, 1.807) is 25.3 Å². The zero-order valence-electron chi connectivity index (χ0n) is 12.9. The summed E-state index contributed by atoms with van der Waals surface area (Å²) in [7, 11) is 1.55. The number of methoxy groups -OCH3 is 1. The van der Waals surface area contributed by atoms with Gasteiger partial charge in [-0.2, -0.15) is 0 Å². The van der Waals surface area contributed by atoms with Crippen LogP contribution in [-0.2, 0) is 6.54 Å². The Bertz CT molecular complexity index is 680. The SMILES string of the molecule is C=CCOc1ccc(CNc2cc(C(=O)O)ccc2OC)cc1. The maximum atomic E-state index is 11.1. The van der Waals surface area contributed by atoms with Crippen LogP contribution in [0.2, 0.25) is 0 Å². The molecule has 0 aromatic heterocycles. The van der Waals surface area contributed by atoms with Crippen LogP contribution in [0.5, 0.6) is 11.5 Å². The van der Waals surface area contributed by atoms with Crippen molar-refractivity contribution < 1.29 is 19.4 Å². The van der Waals surface area contributed by atoms with Crippen molar-refractivity contribution in [1.82, 2.24) is 0 Å². The standard InChI is InChI=1S/C18H19NO4/c1-3-10-23-15-7-4-13(5-8-15)12-19-16-11-14(18(20)21)6-9-17(16)22-2/h3-9,11,19H,1,10,12H2,2H3,(H,20,21). The minimum absolute atomic E-state index is 0.210. The Morgan fingerprint density at radius 1 is 1.26 bits per heavy atom. The molecule has 2 aromatic carbocycles. The number of hydrogen-bond donors (Lipinski definition) is 2. The average molecular weight is 313 g/mol. The molecule has 0 radical (unpaired) electrons. The molecule has 0 aliphatic heterocycles.